The molecule has 1 rings (SSSR count). The largest absolute Gasteiger partial charge is 0.409 e. The number of amidine groups is 1. The zero-order chi connectivity index (χ0) is 12.8. The van der Waals surface area contributed by atoms with E-state index in [9.17, 15) is 4.79 Å². The molecule has 0 aromatic heterocycles. The first kappa shape index (κ1) is 13.0. The number of benzene rings is 1. The average Bonchev–Trinajstić information content (AvgIpc) is 2.38. The average molecular weight is 235 g/mol. The van der Waals surface area contributed by atoms with E-state index in [-0.39, 0.29) is 11.7 Å². The van der Waals surface area contributed by atoms with Crippen molar-refractivity contribution >= 4 is 17.4 Å². The molecule has 0 radical (unpaired) electrons. The van der Waals surface area contributed by atoms with E-state index in [0.29, 0.717) is 6.54 Å². The van der Waals surface area contributed by atoms with Crippen LogP contribution in [-0.4, -0.2) is 23.5 Å². The maximum Gasteiger partial charge on any atom is 0.237 e. The third-order valence-corrected chi connectivity index (χ3v) is 2.58. The molecule has 5 heteroatoms. The van der Waals surface area contributed by atoms with Crippen molar-refractivity contribution in [3.05, 3.63) is 30.3 Å². The Kier molecular flexibility index (Phi) is 4.51. The Labute approximate surface area is 101 Å². The molecule has 3 N–H and O–H groups in total. The van der Waals surface area contributed by atoms with Crippen molar-refractivity contribution < 1.29 is 10.0 Å². The SMILES string of the molecule is CCN(C(=O)C(C)/C(N)=N/O)c1ccccc1. The number of para-hydroxylation sites is 1. The number of oxime groups is 1. The Morgan fingerprint density at radius 3 is 2.53 bits per heavy atom. The summed E-state index contributed by atoms with van der Waals surface area (Å²) in [7, 11) is 0. The van der Waals surface area contributed by atoms with Crippen molar-refractivity contribution in [1.82, 2.24) is 0 Å². The van der Waals surface area contributed by atoms with Crippen LogP contribution in [0.5, 0.6) is 0 Å². The predicted octanol–water partition coefficient (Wildman–Crippen LogP) is 1.42. The number of amides is 1. The molecule has 5 nitrogen and oxygen atoms in total. The highest BCUT2D eigenvalue weighted by atomic mass is 16.4. The van der Waals surface area contributed by atoms with Crippen LogP contribution in [0, 0.1) is 5.92 Å². The molecule has 1 atom stereocenters. The summed E-state index contributed by atoms with van der Waals surface area (Å²) in [6, 6.07) is 9.30. The fourth-order valence-electron chi connectivity index (χ4n) is 1.52. The molecule has 0 aliphatic rings. The fraction of sp³-hybridized carbons (Fsp3) is 0.333. The molecule has 0 saturated heterocycles. The van der Waals surface area contributed by atoms with Crippen molar-refractivity contribution in [2.24, 2.45) is 16.8 Å². The quantitative estimate of drug-likeness (QED) is 0.358. The molecule has 1 aromatic rings. The van der Waals surface area contributed by atoms with Gasteiger partial charge in [-0.3, -0.25) is 4.79 Å². The smallest absolute Gasteiger partial charge is 0.237 e. The molecule has 17 heavy (non-hydrogen) atoms. The molecule has 0 aliphatic heterocycles. The number of nitrogens with zero attached hydrogens (tertiary/aromatic N) is 2. The molecule has 1 aromatic carbocycles. The van der Waals surface area contributed by atoms with Crippen LogP contribution in [0.4, 0.5) is 5.69 Å². The van der Waals surface area contributed by atoms with Crippen LogP contribution in [0.25, 0.3) is 0 Å². The molecule has 0 aliphatic carbocycles. The Morgan fingerprint density at radius 2 is 2.06 bits per heavy atom. The molecule has 0 bridgehead atoms. The van der Waals surface area contributed by atoms with E-state index < -0.39 is 5.92 Å². The summed E-state index contributed by atoms with van der Waals surface area (Å²) in [5.74, 6) is -0.904. The Balaban J connectivity index is 2.93. The highest BCUT2D eigenvalue weighted by Crippen LogP contribution is 2.16. The van der Waals surface area contributed by atoms with E-state index in [1.165, 1.54) is 0 Å². The normalized spacial score (nSPS) is 13.2. The van der Waals surface area contributed by atoms with Gasteiger partial charge in [-0.25, -0.2) is 0 Å². The van der Waals surface area contributed by atoms with Gasteiger partial charge in [-0.1, -0.05) is 23.4 Å². The zero-order valence-corrected chi connectivity index (χ0v) is 10.00. The number of hydrogen-bond donors (Lipinski definition) is 2. The van der Waals surface area contributed by atoms with E-state index in [0.717, 1.165) is 5.69 Å². The van der Waals surface area contributed by atoms with Gasteiger partial charge in [0.1, 0.15) is 0 Å². The standard InChI is InChI=1S/C12H17N3O2/c1-3-15(10-7-5-4-6-8-10)12(16)9(2)11(13)14-17/h4-9,17H,3H2,1-2H3,(H2,13,14). The van der Waals surface area contributed by atoms with E-state index >= 15 is 0 Å². The number of rotatable bonds is 4. The van der Waals surface area contributed by atoms with Crippen molar-refractivity contribution in [1.29, 1.82) is 0 Å². The number of anilines is 1. The van der Waals surface area contributed by atoms with Gasteiger partial charge in [0.25, 0.3) is 0 Å². The lowest BCUT2D eigenvalue weighted by molar-refractivity contribution is -0.120. The van der Waals surface area contributed by atoms with Crippen LogP contribution in [0.15, 0.2) is 35.5 Å². The van der Waals surface area contributed by atoms with Crippen LogP contribution in [0.1, 0.15) is 13.8 Å². The lowest BCUT2D eigenvalue weighted by Crippen LogP contribution is -2.40. The van der Waals surface area contributed by atoms with Crippen LogP contribution in [-0.2, 0) is 4.79 Å². The minimum atomic E-state index is -0.639. The number of hydrogen-bond acceptors (Lipinski definition) is 3. The molecular weight excluding hydrogens is 218 g/mol. The van der Waals surface area contributed by atoms with Gasteiger partial charge in [-0.05, 0) is 26.0 Å². The van der Waals surface area contributed by atoms with Gasteiger partial charge in [-0.15, -0.1) is 0 Å². The lowest BCUT2D eigenvalue weighted by atomic mass is 10.1. The van der Waals surface area contributed by atoms with Crippen molar-refractivity contribution in [2.45, 2.75) is 13.8 Å². The Hall–Kier alpha value is -2.04. The van der Waals surface area contributed by atoms with Gasteiger partial charge in [0.2, 0.25) is 5.91 Å². The van der Waals surface area contributed by atoms with Gasteiger partial charge in [0.05, 0.1) is 5.92 Å². The second-order valence-electron chi connectivity index (χ2n) is 3.66. The van der Waals surface area contributed by atoms with E-state index in [4.69, 9.17) is 10.9 Å². The maximum atomic E-state index is 12.1. The fourth-order valence-corrected chi connectivity index (χ4v) is 1.52. The van der Waals surface area contributed by atoms with Crippen molar-refractivity contribution in [3.63, 3.8) is 0 Å². The summed E-state index contributed by atoms with van der Waals surface area (Å²) >= 11 is 0. The van der Waals surface area contributed by atoms with E-state index in [1.807, 2.05) is 37.3 Å². The predicted molar refractivity (Wildman–Crippen MR) is 67.0 cm³/mol. The topological polar surface area (TPSA) is 78.9 Å². The first-order chi connectivity index (χ1) is 8.11. The molecule has 0 saturated carbocycles. The molecule has 0 spiro atoms. The Morgan fingerprint density at radius 1 is 1.47 bits per heavy atom. The minimum Gasteiger partial charge on any atom is -0.409 e. The maximum absolute atomic E-state index is 12.1. The second kappa shape index (κ2) is 5.89. The summed E-state index contributed by atoms with van der Waals surface area (Å²) in [5, 5.41) is 11.4. The second-order valence-corrected chi connectivity index (χ2v) is 3.66. The highest BCUT2D eigenvalue weighted by Gasteiger charge is 2.23. The third kappa shape index (κ3) is 2.96. The van der Waals surface area contributed by atoms with Crippen LogP contribution in [0.2, 0.25) is 0 Å². The van der Waals surface area contributed by atoms with Gasteiger partial charge in [0, 0.05) is 12.2 Å². The zero-order valence-electron chi connectivity index (χ0n) is 10.00. The summed E-state index contributed by atoms with van der Waals surface area (Å²) in [6.45, 7) is 4.03. The molecule has 0 fully saturated rings. The summed E-state index contributed by atoms with van der Waals surface area (Å²) in [4.78, 5) is 13.7. The lowest BCUT2D eigenvalue weighted by Gasteiger charge is -2.23. The molecule has 0 heterocycles. The van der Waals surface area contributed by atoms with Crippen LogP contribution < -0.4 is 10.6 Å². The monoisotopic (exact) mass is 235 g/mol. The molecule has 92 valence electrons. The van der Waals surface area contributed by atoms with Gasteiger partial charge in [-0.2, -0.15) is 0 Å². The summed E-state index contributed by atoms with van der Waals surface area (Å²) in [5.41, 5.74) is 6.24. The first-order valence-electron chi connectivity index (χ1n) is 5.45. The van der Waals surface area contributed by atoms with Crippen molar-refractivity contribution in [3.8, 4) is 0 Å². The summed E-state index contributed by atoms with van der Waals surface area (Å²) in [6.07, 6.45) is 0. The van der Waals surface area contributed by atoms with Crippen LogP contribution >= 0.6 is 0 Å². The molecule has 1 amide bonds. The van der Waals surface area contributed by atoms with E-state index in [1.54, 1.807) is 11.8 Å². The highest BCUT2D eigenvalue weighted by molar-refractivity contribution is 6.08. The first-order valence-corrected chi connectivity index (χ1v) is 5.45. The number of carbonyl (C=O) groups is 1. The van der Waals surface area contributed by atoms with E-state index in [2.05, 4.69) is 5.16 Å². The molecule has 1 unspecified atom stereocenters. The van der Waals surface area contributed by atoms with Gasteiger partial charge >= 0.3 is 0 Å². The van der Waals surface area contributed by atoms with Gasteiger partial charge < -0.3 is 15.8 Å². The Bertz CT molecular complexity index is 403. The number of nitrogens with two attached hydrogens (primary N) is 1. The minimum absolute atomic E-state index is 0.0793. The van der Waals surface area contributed by atoms with Gasteiger partial charge in [0.15, 0.2) is 5.84 Å². The van der Waals surface area contributed by atoms with Crippen LogP contribution in [0.3, 0.4) is 0 Å². The summed E-state index contributed by atoms with van der Waals surface area (Å²) < 4.78 is 0. The number of carbonyl (C=O) groups excluding carboxylic acids is 1. The van der Waals surface area contributed by atoms with Crippen molar-refractivity contribution in [2.75, 3.05) is 11.4 Å². The third-order valence-electron chi connectivity index (χ3n) is 2.58. The molecular formula is C12H17N3O2.